The van der Waals surface area contributed by atoms with Crippen molar-refractivity contribution in [1.29, 1.82) is 5.26 Å². The highest BCUT2D eigenvalue weighted by Crippen LogP contribution is 2.23. The molecule has 1 atom stereocenters. The molecular weight excluding hydrogens is 248 g/mol. The number of rotatable bonds is 2. The summed E-state index contributed by atoms with van der Waals surface area (Å²) in [5.74, 6) is 0.409. The van der Waals surface area contributed by atoms with Crippen LogP contribution in [-0.2, 0) is 10.0 Å². The largest absolute Gasteiger partial charge is 0.243 e. The lowest BCUT2D eigenvalue weighted by molar-refractivity contribution is 0.281. The molecular formula is C13H16N2O2S. The van der Waals surface area contributed by atoms with Crippen LogP contribution >= 0.6 is 0 Å². The Labute approximate surface area is 108 Å². The van der Waals surface area contributed by atoms with Crippen LogP contribution in [0, 0.1) is 17.2 Å². The number of hydrogen-bond acceptors (Lipinski definition) is 3. The molecule has 1 saturated heterocycles. The van der Waals surface area contributed by atoms with Gasteiger partial charge >= 0.3 is 0 Å². The lowest BCUT2D eigenvalue weighted by Gasteiger charge is -2.30. The third kappa shape index (κ3) is 2.55. The van der Waals surface area contributed by atoms with Crippen molar-refractivity contribution in [2.75, 3.05) is 13.1 Å². The molecule has 96 valence electrons. The van der Waals surface area contributed by atoms with Crippen LogP contribution in [0.2, 0.25) is 0 Å². The molecule has 1 heterocycles. The van der Waals surface area contributed by atoms with E-state index in [4.69, 9.17) is 5.26 Å². The normalized spacial score (nSPS) is 21.4. The van der Waals surface area contributed by atoms with E-state index in [1.54, 1.807) is 16.4 Å². The Bertz CT molecular complexity index is 558. The maximum atomic E-state index is 12.4. The minimum absolute atomic E-state index is 0.274. The summed E-state index contributed by atoms with van der Waals surface area (Å²) in [7, 11) is -3.40. The highest BCUT2D eigenvalue weighted by atomic mass is 32.2. The van der Waals surface area contributed by atoms with Crippen molar-refractivity contribution in [3.8, 4) is 6.07 Å². The maximum absolute atomic E-state index is 12.4. The first-order valence-corrected chi connectivity index (χ1v) is 7.48. The molecule has 0 amide bonds. The van der Waals surface area contributed by atoms with Crippen LogP contribution in [-0.4, -0.2) is 25.8 Å². The highest BCUT2D eigenvalue weighted by Gasteiger charge is 2.28. The van der Waals surface area contributed by atoms with Crippen molar-refractivity contribution in [2.24, 2.45) is 5.92 Å². The summed E-state index contributed by atoms with van der Waals surface area (Å²) in [6.07, 6.45) is 2.00. The van der Waals surface area contributed by atoms with E-state index in [0.29, 0.717) is 24.6 Å². The van der Waals surface area contributed by atoms with Gasteiger partial charge in [-0.05, 0) is 43.0 Å². The van der Waals surface area contributed by atoms with Crippen molar-refractivity contribution >= 4 is 10.0 Å². The number of hydrogen-bond donors (Lipinski definition) is 0. The molecule has 0 saturated carbocycles. The molecule has 0 unspecified atom stereocenters. The molecule has 1 aliphatic heterocycles. The summed E-state index contributed by atoms with van der Waals surface area (Å²) in [6.45, 7) is 3.25. The summed E-state index contributed by atoms with van der Waals surface area (Å²) in [6, 6.07) is 8.08. The molecule has 1 aromatic carbocycles. The molecule has 0 aromatic heterocycles. The average Bonchev–Trinajstić information content (AvgIpc) is 2.39. The SMILES string of the molecule is C[C@@H]1CCCN(S(=O)(=O)c2ccc(C#N)cc2)C1. The molecule has 0 spiro atoms. The Morgan fingerprint density at radius 1 is 1.33 bits per heavy atom. The zero-order valence-electron chi connectivity index (χ0n) is 10.3. The van der Waals surface area contributed by atoms with E-state index in [1.165, 1.54) is 12.1 Å². The molecule has 0 radical (unpaired) electrons. The lowest BCUT2D eigenvalue weighted by Crippen LogP contribution is -2.39. The van der Waals surface area contributed by atoms with E-state index in [9.17, 15) is 8.42 Å². The summed E-state index contributed by atoms with van der Waals surface area (Å²) in [4.78, 5) is 0.274. The standard InChI is InChI=1S/C13H16N2O2S/c1-11-3-2-8-15(10-11)18(16,17)13-6-4-12(9-14)5-7-13/h4-7,11H,2-3,8,10H2,1H3/t11-/m1/s1. The van der Waals surface area contributed by atoms with Gasteiger partial charge in [-0.1, -0.05) is 6.92 Å². The molecule has 5 heteroatoms. The van der Waals surface area contributed by atoms with E-state index in [-0.39, 0.29) is 4.90 Å². The second-order valence-electron chi connectivity index (χ2n) is 4.75. The van der Waals surface area contributed by atoms with Crippen LogP contribution in [0.1, 0.15) is 25.3 Å². The Morgan fingerprint density at radius 3 is 2.56 bits per heavy atom. The highest BCUT2D eigenvalue weighted by molar-refractivity contribution is 7.89. The minimum atomic E-state index is -3.40. The topological polar surface area (TPSA) is 61.2 Å². The minimum Gasteiger partial charge on any atom is -0.207 e. The summed E-state index contributed by atoms with van der Waals surface area (Å²) in [5.41, 5.74) is 0.473. The smallest absolute Gasteiger partial charge is 0.207 e. The van der Waals surface area contributed by atoms with Crippen LogP contribution < -0.4 is 0 Å². The first-order valence-electron chi connectivity index (χ1n) is 6.04. The van der Waals surface area contributed by atoms with Crippen molar-refractivity contribution < 1.29 is 8.42 Å². The van der Waals surface area contributed by atoms with Crippen LogP contribution in [0.5, 0.6) is 0 Å². The van der Waals surface area contributed by atoms with Crippen molar-refractivity contribution in [3.05, 3.63) is 29.8 Å². The number of piperidine rings is 1. The van der Waals surface area contributed by atoms with Crippen LogP contribution in [0.25, 0.3) is 0 Å². The number of benzene rings is 1. The first-order chi connectivity index (χ1) is 8.54. The molecule has 4 nitrogen and oxygen atoms in total. The van der Waals surface area contributed by atoms with E-state index in [0.717, 1.165) is 12.8 Å². The summed E-state index contributed by atoms with van der Waals surface area (Å²) < 4.78 is 26.3. The fraction of sp³-hybridized carbons (Fsp3) is 0.462. The summed E-state index contributed by atoms with van der Waals surface area (Å²) >= 11 is 0. The molecule has 0 N–H and O–H groups in total. The molecule has 18 heavy (non-hydrogen) atoms. The Kier molecular flexibility index (Phi) is 3.69. The fourth-order valence-electron chi connectivity index (χ4n) is 2.22. The lowest BCUT2D eigenvalue weighted by atomic mass is 10.0. The second-order valence-corrected chi connectivity index (χ2v) is 6.68. The van der Waals surface area contributed by atoms with Crippen LogP contribution in [0.15, 0.2) is 29.2 Å². The predicted octanol–water partition coefficient (Wildman–Crippen LogP) is 1.98. The quantitative estimate of drug-likeness (QED) is 0.820. The van der Waals surface area contributed by atoms with Gasteiger partial charge in [-0.15, -0.1) is 0 Å². The molecule has 0 aliphatic carbocycles. The van der Waals surface area contributed by atoms with Crippen LogP contribution in [0.3, 0.4) is 0 Å². The van der Waals surface area contributed by atoms with Gasteiger partial charge in [0, 0.05) is 13.1 Å². The van der Waals surface area contributed by atoms with Gasteiger partial charge in [-0.2, -0.15) is 9.57 Å². The Balaban J connectivity index is 2.27. The van der Waals surface area contributed by atoms with Gasteiger partial charge in [-0.3, -0.25) is 0 Å². The van der Waals surface area contributed by atoms with Gasteiger partial charge in [0.2, 0.25) is 10.0 Å². The zero-order valence-corrected chi connectivity index (χ0v) is 11.2. The van der Waals surface area contributed by atoms with Gasteiger partial charge in [0.25, 0.3) is 0 Å². The Hall–Kier alpha value is -1.38. The number of sulfonamides is 1. The molecule has 1 aromatic rings. The number of nitriles is 1. The van der Waals surface area contributed by atoms with Crippen molar-refractivity contribution in [1.82, 2.24) is 4.31 Å². The maximum Gasteiger partial charge on any atom is 0.243 e. The molecule has 2 rings (SSSR count). The predicted molar refractivity (Wildman–Crippen MR) is 68.3 cm³/mol. The molecule has 1 aliphatic rings. The second kappa shape index (κ2) is 5.09. The molecule has 0 bridgehead atoms. The van der Waals surface area contributed by atoms with Gasteiger partial charge in [0.1, 0.15) is 0 Å². The van der Waals surface area contributed by atoms with Crippen molar-refractivity contribution in [3.63, 3.8) is 0 Å². The monoisotopic (exact) mass is 264 g/mol. The summed E-state index contributed by atoms with van der Waals surface area (Å²) in [5, 5.41) is 8.70. The first kappa shape index (κ1) is 13.1. The zero-order chi connectivity index (χ0) is 13.2. The van der Waals surface area contributed by atoms with Gasteiger partial charge < -0.3 is 0 Å². The Morgan fingerprint density at radius 2 is 2.00 bits per heavy atom. The van der Waals surface area contributed by atoms with E-state index in [2.05, 4.69) is 6.92 Å². The van der Waals surface area contributed by atoms with Gasteiger partial charge in [-0.25, -0.2) is 8.42 Å². The van der Waals surface area contributed by atoms with Crippen molar-refractivity contribution in [2.45, 2.75) is 24.7 Å². The van der Waals surface area contributed by atoms with Crippen LogP contribution in [0.4, 0.5) is 0 Å². The van der Waals surface area contributed by atoms with E-state index in [1.807, 2.05) is 6.07 Å². The number of nitrogens with zero attached hydrogens (tertiary/aromatic N) is 2. The van der Waals surface area contributed by atoms with Gasteiger partial charge in [0.05, 0.1) is 16.5 Å². The van der Waals surface area contributed by atoms with Gasteiger partial charge in [0.15, 0.2) is 0 Å². The van der Waals surface area contributed by atoms with E-state index < -0.39 is 10.0 Å². The fourth-order valence-corrected chi connectivity index (χ4v) is 3.81. The van der Waals surface area contributed by atoms with E-state index >= 15 is 0 Å². The third-order valence-electron chi connectivity index (χ3n) is 3.24. The average molecular weight is 264 g/mol. The molecule has 1 fully saturated rings. The third-order valence-corrected chi connectivity index (χ3v) is 5.12.